The van der Waals surface area contributed by atoms with Gasteiger partial charge in [-0.3, -0.25) is 9.79 Å². The van der Waals surface area contributed by atoms with Gasteiger partial charge in [0.2, 0.25) is 0 Å². The standard InChI is InChI=1S/C20H21BrN2OS/c1-2-15-4-10-18(11-5-15)23(20-22-12-3-13-25-20)14-19(24)16-6-8-17(21)9-7-16/h4-11H,2-3,12-14H2,1H3. The molecular weight excluding hydrogens is 396 g/mol. The molecule has 1 heterocycles. The van der Waals surface area contributed by atoms with Gasteiger partial charge in [0.05, 0.1) is 6.54 Å². The summed E-state index contributed by atoms with van der Waals surface area (Å²) in [6.45, 7) is 3.28. The van der Waals surface area contributed by atoms with Crippen LogP contribution in [0.3, 0.4) is 0 Å². The molecule has 2 aromatic carbocycles. The number of Topliss-reactive ketones (excluding diaryl/α,β-unsaturated/α-hetero) is 1. The van der Waals surface area contributed by atoms with Crippen molar-refractivity contribution in [3.05, 3.63) is 64.1 Å². The molecule has 0 aliphatic carbocycles. The van der Waals surface area contributed by atoms with Crippen LogP contribution in [0.15, 0.2) is 58.0 Å². The van der Waals surface area contributed by atoms with E-state index in [0.29, 0.717) is 6.54 Å². The molecule has 130 valence electrons. The number of halogens is 1. The fraction of sp³-hybridized carbons (Fsp3) is 0.300. The van der Waals surface area contributed by atoms with Gasteiger partial charge in [0.1, 0.15) is 0 Å². The summed E-state index contributed by atoms with van der Waals surface area (Å²) in [6.07, 6.45) is 2.10. The van der Waals surface area contributed by atoms with E-state index in [1.165, 1.54) is 5.56 Å². The van der Waals surface area contributed by atoms with Gasteiger partial charge < -0.3 is 4.90 Å². The van der Waals surface area contributed by atoms with Crippen molar-refractivity contribution in [3.63, 3.8) is 0 Å². The summed E-state index contributed by atoms with van der Waals surface area (Å²) in [7, 11) is 0. The Hall–Kier alpha value is -1.59. The van der Waals surface area contributed by atoms with Crippen molar-refractivity contribution in [1.29, 1.82) is 0 Å². The summed E-state index contributed by atoms with van der Waals surface area (Å²) >= 11 is 5.15. The number of ketones is 1. The highest BCUT2D eigenvalue weighted by atomic mass is 79.9. The second-order valence-corrected chi connectivity index (χ2v) is 7.88. The maximum Gasteiger partial charge on any atom is 0.182 e. The summed E-state index contributed by atoms with van der Waals surface area (Å²) < 4.78 is 0.975. The van der Waals surface area contributed by atoms with Gasteiger partial charge in [0.25, 0.3) is 0 Å². The minimum absolute atomic E-state index is 0.0981. The van der Waals surface area contributed by atoms with E-state index in [1.807, 2.05) is 29.2 Å². The van der Waals surface area contributed by atoms with E-state index in [9.17, 15) is 4.79 Å². The molecule has 0 amide bonds. The molecular formula is C20H21BrN2OS. The van der Waals surface area contributed by atoms with Gasteiger partial charge in [-0.25, -0.2) is 0 Å². The second-order valence-electron chi connectivity index (χ2n) is 5.90. The molecule has 0 spiro atoms. The number of benzene rings is 2. The first-order chi connectivity index (χ1) is 12.2. The number of aryl methyl sites for hydroxylation is 1. The van der Waals surface area contributed by atoms with E-state index >= 15 is 0 Å². The first-order valence-electron chi connectivity index (χ1n) is 8.50. The van der Waals surface area contributed by atoms with Gasteiger partial charge in [-0.1, -0.05) is 58.9 Å². The Morgan fingerprint density at radius 2 is 1.88 bits per heavy atom. The zero-order chi connectivity index (χ0) is 17.6. The van der Waals surface area contributed by atoms with Crippen molar-refractivity contribution in [2.75, 3.05) is 23.7 Å². The highest BCUT2D eigenvalue weighted by Gasteiger charge is 2.20. The number of thioether (sulfide) groups is 1. The summed E-state index contributed by atoms with van der Waals surface area (Å²) in [5.74, 6) is 1.15. The van der Waals surface area contributed by atoms with Crippen LogP contribution in [0.1, 0.15) is 29.3 Å². The van der Waals surface area contributed by atoms with Crippen LogP contribution in [-0.4, -0.2) is 29.8 Å². The maximum atomic E-state index is 12.8. The smallest absolute Gasteiger partial charge is 0.182 e. The number of rotatable bonds is 5. The number of anilines is 1. The molecule has 2 aromatic rings. The molecule has 0 aromatic heterocycles. The molecule has 0 fully saturated rings. The zero-order valence-corrected chi connectivity index (χ0v) is 16.6. The third-order valence-electron chi connectivity index (χ3n) is 4.14. The van der Waals surface area contributed by atoms with Gasteiger partial charge in [0, 0.05) is 28.0 Å². The lowest BCUT2D eigenvalue weighted by atomic mass is 10.1. The number of carbonyl (C=O) groups excluding carboxylic acids is 1. The minimum Gasteiger partial charge on any atom is -0.313 e. The van der Waals surface area contributed by atoms with Crippen molar-refractivity contribution in [2.24, 2.45) is 4.99 Å². The second kappa shape index (κ2) is 8.68. The summed E-state index contributed by atoms with van der Waals surface area (Å²) in [6, 6.07) is 16.0. The first kappa shape index (κ1) is 18.2. The average molecular weight is 417 g/mol. The molecule has 0 saturated heterocycles. The molecule has 3 rings (SSSR count). The van der Waals surface area contributed by atoms with Crippen molar-refractivity contribution in [1.82, 2.24) is 0 Å². The van der Waals surface area contributed by atoms with E-state index in [4.69, 9.17) is 0 Å². The highest BCUT2D eigenvalue weighted by Crippen LogP contribution is 2.24. The monoisotopic (exact) mass is 416 g/mol. The molecule has 3 nitrogen and oxygen atoms in total. The van der Waals surface area contributed by atoms with Crippen LogP contribution >= 0.6 is 27.7 Å². The average Bonchev–Trinajstić information content (AvgIpc) is 2.67. The molecule has 0 N–H and O–H groups in total. The predicted octanol–water partition coefficient (Wildman–Crippen LogP) is 5.19. The number of hydrogen-bond acceptors (Lipinski definition) is 4. The molecule has 0 atom stereocenters. The van der Waals surface area contributed by atoms with Gasteiger partial charge in [-0.2, -0.15) is 0 Å². The van der Waals surface area contributed by atoms with Crippen LogP contribution < -0.4 is 4.90 Å². The Morgan fingerprint density at radius 3 is 2.48 bits per heavy atom. The molecule has 0 radical (unpaired) electrons. The zero-order valence-electron chi connectivity index (χ0n) is 14.2. The van der Waals surface area contributed by atoms with Gasteiger partial charge >= 0.3 is 0 Å². The largest absolute Gasteiger partial charge is 0.313 e. The molecule has 25 heavy (non-hydrogen) atoms. The Morgan fingerprint density at radius 1 is 1.16 bits per heavy atom. The molecule has 0 bridgehead atoms. The van der Waals surface area contributed by atoms with Crippen LogP contribution in [0.2, 0.25) is 0 Å². The van der Waals surface area contributed by atoms with Crippen molar-refractivity contribution >= 4 is 44.3 Å². The Kier molecular flexibility index (Phi) is 6.32. The van der Waals surface area contributed by atoms with Crippen LogP contribution in [-0.2, 0) is 6.42 Å². The summed E-state index contributed by atoms with van der Waals surface area (Å²) in [4.78, 5) is 19.5. The van der Waals surface area contributed by atoms with Crippen LogP contribution in [0.5, 0.6) is 0 Å². The lowest BCUT2D eigenvalue weighted by Crippen LogP contribution is -2.35. The van der Waals surface area contributed by atoms with E-state index in [-0.39, 0.29) is 5.78 Å². The quantitative estimate of drug-likeness (QED) is 0.628. The summed E-state index contributed by atoms with van der Waals surface area (Å²) in [5, 5.41) is 0.945. The van der Waals surface area contributed by atoms with E-state index in [0.717, 1.165) is 46.0 Å². The van der Waals surface area contributed by atoms with E-state index < -0.39 is 0 Å². The fourth-order valence-corrected chi connectivity index (χ4v) is 3.89. The Bertz CT molecular complexity index is 756. The minimum atomic E-state index is 0.0981. The molecule has 0 saturated carbocycles. The lowest BCUT2D eigenvalue weighted by Gasteiger charge is -2.27. The number of hydrogen-bond donors (Lipinski definition) is 0. The van der Waals surface area contributed by atoms with Crippen LogP contribution in [0.25, 0.3) is 0 Å². The van der Waals surface area contributed by atoms with Gasteiger partial charge in [-0.15, -0.1) is 0 Å². The number of amidine groups is 1. The number of nitrogens with zero attached hydrogens (tertiary/aromatic N) is 2. The molecule has 5 heteroatoms. The predicted molar refractivity (Wildman–Crippen MR) is 111 cm³/mol. The van der Waals surface area contributed by atoms with Gasteiger partial charge in [-0.05, 0) is 42.7 Å². The number of carbonyl (C=O) groups is 1. The Balaban J connectivity index is 1.86. The highest BCUT2D eigenvalue weighted by molar-refractivity contribution is 9.10. The molecule has 0 unspecified atom stereocenters. The third kappa shape index (κ3) is 4.73. The van der Waals surface area contributed by atoms with Crippen LogP contribution in [0, 0.1) is 0 Å². The third-order valence-corrected chi connectivity index (χ3v) is 5.76. The van der Waals surface area contributed by atoms with Crippen LogP contribution in [0.4, 0.5) is 5.69 Å². The van der Waals surface area contributed by atoms with Crippen molar-refractivity contribution < 1.29 is 4.79 Å². The van der Waals surface area contributed by atoms with E-state index in [2.05, 4.69) is 52.1 Å². The van der Waals surface area contributed by atoms with Crippen molar-refractivity contribution in [2.45, 2.75) is 19.8 Å². The van der Waals surface area contributed by atoms with Crippen molar-refractivity contribution in [3.8, 4) is 0 Å². The number of aliphatic imine (C=N–C) groups is 1. The molecule has 1 aliphatic heterocycles. The summed E-state index contributed by atoms with van der Waals surface area (Å²) in [5.41, 5.74) is 3.04. The molecule has 1 aliphatic rings. The first-order valence-corrected chi connectivity index (χ1v) is 10.3. The van der Waals surface area contributed by atoms with E-state index in [1.54, 1.807) is 11.8 Å². The normalized spacial score (nSPS) is 14.1. The maximum absolute atomic E-state index is 12.8. The fourth-order valence-electron chi connectivity index (χ4n) is 2.66. The van der Waals surface area contributed by atoms with Gasteiger partial charge in [0.15, 0.2) is 11.0 Å². The SMILES string of the molecule is CCc1ccc(N(CC(=O)c2ccc(Br)cc2)C2=NCCCS2)cc1. The topological polar surface area (TPSA) is 32.7 Å². The Labute approximate surface area is 161 Å². The lowest BCUT2D eigenvalue weighted by molar-refractivity contribution is 0.100.